The van der Waals surface area contributed by atoms with Crippen molar-refractivity contribution >= 4 is 11.6 Å². The first-order valence-electron chi connectivity index (χ1n) is 9.05. The Bertz CT molecular complexity index is 867. The molecule has 2 aromatic carbocycles. The van der Waals surface area contributed by atoms with Gasteiger partial charge in [-0.05, 0) is 53.8 Å². The maximum atomic E-state index is 12.5. The number of aromatic nitrogens is 4. The third kappa shape index (κ3) is 3.64. The van der Waals surface area contributed by atoms with E-state index >= 15 is 0 Å². The lowest BCUT2D eigenvalue weighted by molar-refractivity contribution is 0.102. The summed E-state index contributed by atoms with van der Waals surface area (Å²) in [5, 5.41) is 16.8. The molecule has 0 unspecified atom stereocenters. The highest BCUT2D eigenvalue weighted by Crippen LogP contribution is 2.32. The molecule has 1 fully saturated rings. The third-order valence-corrected chi connectivity index (χ3v) is 4.97. The minimum atomic E-state index is -0.120. The molecule has 1 heterocycles. The molecule has 6 nitrogen and oxygen atoms in total. The molecular weight excluding hydrogens is 326 g/mol. The van der Waals surface area contributed by atoms with E-state index < -0.39 is 0 Å². The van der Waals surface area contributed by atoms with E-state index in [1.54, 1.807) is 0 Å². The Hall–Kier alpha value is -3.02. The molecule has 4 rings (SSSR count). The van der Waals surface area contributed by atoms with E-state index in [0.717, 1.165) is 5.56 Å². The van der Waals surface area contributed by atoms with E-state index in [9.17, 15) is 4.79 Å². The van der Waals surface area contributed by atoms with Gasteiger partial charge in [0.05, 0.1) is 0 Å². The van der Waals surface area contributed by atoms with Crippen LogP contribution in [0.2, 0.25) is 0 Å². The normalized spacial score (nSPS) is 14.9. The Balaban J connectivity index is 1.45. The second-order valence-corrected chi connectivity index (χ2v) is 6.73. The van der Waals surface area contributed by atoms with E-state index in [2.05, 4.69) is 38.1 Å². The Morgan fingerprint density at radius 1 is 1.04 bits per heavy atom. The first-order chi connectivity index (χ1) is 12.8. The van der Waals surface area contributed by atoms with E-state index in [1.807, 2.05) is 36.4 Å². The number of carbonyl (C=O) groups excluding carboxylic acids is 1. The number of rotatable bonds is 4. The van der Waals surface area contributed by atoms with Gasteiger partial charge in [0.2, 0.25) is 5.82 Å². The Morgan fingerprint density at radius 2 is 1.85 bits per heavy atom. The molecule has 0 saturated heterocycles. The maximum absolute atomic E-state index is 12.5. The van der Waals surface area contributed by atoms with E-state index in [1.165, 1.54) is 37.7 Å². The van der Waals surface area contributed by atoms with Gasteiger partial charge in [-0.1, -0.05) is 43.5 Å². The summed E-state index contributed by atoms with van der Waals surface area (Å²) >= 11 is 0. The summed E-state index contributed by atoms with van der Waals surface area (Å²) in [6, 6.07) is 15.4. The van der Waals surface area contributed by atoms with Crippen molar-refractivity contribution in [3.63, 3.8) is 0 Å². The number of H-pyrrole nitrogens is 1. The van der Waals surface area contributed by atoms with Crippen molar-refractivity contribution in [3.8, 4) is 11.4 Å². The molecule has 26 heavy (non-hydrogen) atoms. The molecule has 0 aliphatic heterocycles. The van der Waals surface area contributed by atoms with Crippen LogP contribution in [0.5, 0.6) is 0 Å². The molecule has 1 aliphatic rings. The first kappa shape index (κ1) is 16.4. The summed E-state index contributed by atoms with van der Waals surface area (Å²) in [7, 11) is 0. The second-order valence-electron chi connectivity index (χ2n) is 6.73. The number of amides is 1. The number of hydrogen-bond acceptors (Lipinski definition) is 4. The minimum Gasteiger partial charge on any atom is -0.322 e. The molecule has 0 radical (unpaired) electrons. The van der Waals surface area contributed by atoms with Gasteiger partial charge < -0.3 is 5.32 Å². The van der Waals surface area contributed by atoms with Gasteiger partial charge in [0, 0.05) is 16.8 Å². The molecule has 0 bridgehead atoms. The summed E-state index contributed by atoms with van der Waals surface area (Å²) in [6.45, 7) is 0. The van der Waals surface area contributed by atoms with Gasteiger partial charge in [-0.25, -0.2) is 0 Å². The molecule has 2 N–H and O–H groups in total. The highest BCUT2D eigenvalue weighted by Gasteiger charge is 2.16. The van der Waals surface area contributed by atoms with Crippen molar-refractivity contribution in [2.45, 2.75) is 38.0 Å². The van der Waals surface area contributed by atoms with Crippen LogP contribution in [0.4, 0.5) is 5.69 Å². The Labute approximate surface area is 152 Å². The van der Waals surface area contributed by atoms with Gasteiger partial charge >= 0.3 is 0 Å². The molecule has 6 heteroatoms. The molecule has 1 aromatic heterocycles. The van der Waals surface area contributed by atoms with E-state index in [0.29, 0.717) is 23.0 Å². The Morgan fingerprint density at radius 3 is 2.58 bits per heavy atom. The largest absolute Gasteiger partial charge is 0.322 e. The fraction of sp³-hybridized carbons (Fsp3) is 0.300. The van der Waals surface area contributed by atoms with Crippen molar-refractivity contribution in [2.75, 3.05) is 5.32 Å². The van der Waals surface area contributed by atoms with Crippen molar-refractivity contribution < 1.29 is 4.79 Å². The van der Waals surface area contributed by atoms with Crippen LogP contribution in [0.3, 0.4) is 0 Å². The molecule has 0 spiro atoms. The fourth-order valence-electron chi connectivity index (χ4n) is 3.57. The van der Waals surface area contributed by atoms with Crippen LogP contribution < -0.4 is 5.32 Å². The van der Waals surface area contributed by atoms with E-state index in [-0.39, 0.29) is 5.91 Å². The molecule has 1 amide bonds. The van der Waals surface area contributed by atoms with Crippen molar-refractivity contribution in [2.24, 2.45) is 0 Å². The zero-order chi connectivity index (χ0) is 17.8. The predicted molar refractivity (Wildman–Crippen MR) is 99.8 cm³/mol. The highest BCUT2D eigenvalue weighted by atomic mass is 16.1. The number of nitrogens with zero attached hydrogens (tertiary/aromatic N) is 3. The molecule has 3 aromatic rings. The fourth-order valence-corrected chi connectivity index (χ4v) is 3.57. The topological polar surface area (TPSA) is 83.6 Å². The number of carbonyl (C=O) groups is 1. The van der Waals surface area contributed by atoms with Gasteiger partial charge in [-0.3, -0.25) is 4.79 Å². The number of nitrogens with one attached hydrogen (secondary N) is 2. The first-order valence-corrected chi connectivity index (χ1v) is 9.05. The summed E-state index contributed by atoms with van der Waals surface area (Å²) in [6.07, 6.45) is 6.48. The van der Waals surface area contributed by atoms with Gasteiger partial charge in [-0.15, -0.1) is 10.2 Å². The van der Waals surface area contributed by atoms with Gasteiger partial charge in [0.15, 0.2) is 0 Å². The number of anilines is 1. The standard InChI is InChI=1S/C20H21N5O/c26-20(16-11-9-15(10-12-16)14-5-2-1-3-6-14)21-18-8-4-7-17(13-18)19-22-24-25-23-19/h4,7-14H,1-3,5-6H2,(H,21,26)(H,22,23,24,25). The summed E-state index contributed by atoms with van der Waals surface area (Å²) < 4.78 is 0. The van der Waals surface area contributed by atoms with Crippen LogP contribution in [0.15, 0.2) is 48.5 Å². The SMILES string of the molecule is O=C(Nc1cccc(-c2nn[nH]n2)c1)c1ccc(C2CCCCC2)cc1. The molecule has 1 saturated carbocycles. The second kappa shape index (κ2) is 7.47. The van der Waals surface area contributed by atoms with Crippen LogP contribution in [0.25, 0.3) is 11.4 Å². The lowest BCUT2D eigenvalue weighted by Gasteiger charge is -2.22. The van der Waals surface area contributed by atoms with Gasteiger partial charge in [0.1, 0.15) is 0 Å². The molecule has 0 atom stereocenters. The van der Waals surface area contributed by atoms with E-state index in [4.69, 9.17) is 0 Å². The van der Waals surface area contributed by atoms with Crippen LogP contribution in [0.1, 0.15) is 53.9 Å². The monoisotopic (exact) mass is 347 g/mol. The van der Waals surface area contributed by atoms with Gasteiger partial charge in [0.25, 0.3) is 5.91 Å². The van der Waals surface area contributed by atoms with Gasteiger partial charge in [-0.2, -0.15) is 5.21 Å². The number of tetrazole rings is 1. The minimum absolute atomic E-state index is 0.120. The summed E-state index contributed by atoms with van der Waals surface area (Å²) in [4.78, 5) is 12.5. The number of benzene rings is 2. The zero-order valence-electron chi connectivity index (χ0n) is 14.5. The Kier molecular flexibility index (Phi) is 4.73. The lowest BCUT2D eigenvalue weighted by Crippen LogP contribution is -2.12. The van der Waals surface area contributed by atoms with Crippen molar-refractivity contribution in [3.05, 3.63) is 59.7 Å². The number of hydrogen-bond donors (Lipinski definition) is 2. The molecule has 1 aliphatic carbocycles. The highest BCUT2D eigenvalue weighted by molar-refractivity contribution is 6.04. The van der Waals surface area contributed by atoms with Crippen molar-refractivity contribution in [1.82, 2.24) is 20.6 Å². The maximum Gasteiger partial charge on any atom is 0.255 e. The zero-order valence-corrected chi connectivity index (χ0v) is 14.5. The van der Waals surface area contributed by atoms with Crippen LogP contribution >= 0.6 is 0 Å². The summed E-state index contributed by atoms with van der Waals surface area (Å²) in [5.74, 6) is 1.02. The quantitative estimate of drug-likeness (QED) is 0.742. The average molecular weight is 347 g/mol. The van der Waals surface area contributed by atoms with Crippen LogP contribution in [-0.2, 0) is 0 Å². The molecule has 132 valence electrons. The smallest absolute Gasteiger partial charge is 0.255 e. The lowest BCUT2D eigenvalue weighted by atomic mass is 9.84. The van der Waals surface area contributed by atoms with Crippen LogP contribution in [0, 0.1) is 0 Å². The third-order valence-electron chi connectivity index (χ3n) is 4.97. The summed E-state index contributed by atoms with van der Waals surface area (Å²) in [5.41, 5.74) is 3.51. The number of aromatic amines is 1. The van der Waals surface area contributed by atoms with Crippen LogP contribution in [-0.4, -0.2) is 26.5 Å². The molecular formula is C20H21N5O. The van der Waals surface area contributed by atoms with Crippen molar-refractivity contribution in [1.29, 1.82) is 0 Å². The predicted octanol–water partition coefficient (Wildman–Crippen LogP) is 4.17. The average Bonchev–Trinajstić information content (AvgIpc) is 3.24.